The maximum Gasteiger partial charge on any atom is 0.107 e. The molecule has 3 aromatic rings. The van der Waals surface area contributed by atoms with Gasteiger partial charge in [0.25, 0.3) is 0 Å². The van der Waals surface area contributed by atoms with E-state index in [1.165, 1.54) is 21.5 Å². The Labute approximate surface area is 117 Å². The van der Waals surface area contributed by atoms with Crippen LogP contribution in [0.15, 0.2) is 29.6 Å². The molecule has 1 N–H and O–H groups in total. The number of nitrogens with one attached hydrogen (secondary N) is 1. The predicted molar refractivity (Wildman–Crippen MR) is 81.9 cm³/mol. The molecule has 2 nitrogen and oxygen atoms in total. The number of aromatic nitrogens is 2. The molecule has 0 bridgehead atoms. The van der Waals surface area contributed by atoms with Gasteiger partial charge in [0.1, 0.15) is 5.82 Å². The zero-order chi connectivity index (χ0) is 13.2. The lowest BCUT2D eigenvalue weighted by atomic mass is 10.1. The van der Waals surface area contributed by atoms with Crippen LogP contribution in [0.4, 0.5) is 0 Å². The van der Waals surface area contributed by atoms with Crippen LogP contribution in [0.1, 0.15) is 28.2 Å². The monoisotopic (exact) mass is 270 g/mol. The van der Waals surface area contributed by atoms with Crippen LogP contribution in [0.5, 0.6) is 0 Å². The lowest BCUT2D eigenvalue weighted by molar-refractivity contribution is 0.793. The van der Waals surface area contributed by atoms with Gasteiger partial charge >= 0.3 is 0 Å². The maximum atomic E-state index is 4.72. The molecule has 0 saturated carbocycles. The molecule has 0 amide bonds. The first kappa shape index (κ1) is 12.4. The highest BCUT2D eigenvalue weighted by Crippen LogP contribution is 2.19. The van der Waals surface area contributed by atoms with Gasteiger partial charge in [-0.25, -0.2) is 4.98 Å². The third-order valence-electron chi connectivity index (χ3n) is 3.39. The van der Waals surface area contributed by atoms with Crippen molar-refractivity contribution in [2.75, 3.05) is 0 Å². The number of hydrogen-bond donors (Lipinski definition) is 1. The maximum absolute atomic E-state index is 4.72. The van der Waals surface area contributed by atoms with Gasteiger partial charge in [0, 0.05) is 11.3 Å². The van der Waals surface area contributed by atoms with Gasteiger partial charge in [0.05, 0.1) is 11.0 Å². The molecule has 0 aliphatic carbocycles. The molecule has 0 unspecified atom stereocenters. The van der Waals surface area contributed by atoms with Crippen molar-refractivity contribution in [1.29, 1.82) is 0 Å². The SMILES string of the molecule is Cc1cc(C)c2nc(CCCc3cccs3)[nH]c2c1. The summed E-state index contributed by atoms with van der Waals surface area (Å²) < 4.78 is 0. The second-order valence-corrected chi connectivity index (χ2v) is 6.13. The Morgan fingerprint density at radius 2 is 2.11 bits per heavy atom. The van der Waals surface area contributed by atoms with E-state index in [4.69, 9.17) is 4.98 Å². The zero-order valence-corrected chi connectivity index (χ0v) is 12.2. The number of hydrogen-bond acceptors (Lipinski definition) is 2. The molecular formula is C16H18N2S. The van der Waals surface area contributed by atoms with Crippen molar-refractivity contribution in [2.24, 2.45) is 0 Å². The van der Waals surface area contributed by atoms with Crippen LogP contribution in [-0.2, 0) is 12.8 Å². The number of nitrogens with zero attached hydrogens (tertiary/aromatic N) is 1. The fourth-order valence-corrected chi connectivity index (χ4v) is 3.28. The van der Waals surface area contributed by atoms with Crippen molar-refractivity contribution in [3.63, 3.8) is 0 Å². The van der Waals surface area contributed by atoms with E-state index in [2.05, 4.69) is 48.5 Å². The van der Waals surface area contributed by atoms with E-state index in [1.807, 2.05) is 11.3 Å². The number of aryl methyl sites for hydroxylation is 4. The molecule has 0 atom stereocenters. The third kappa shape index (κ3) is 2.71. The molecule has 3 heteroatoms. The molecule has 0 aliphatic rings. The molecular weight excluding hydrogens is 252 g/mol. The van der Waals surface area contributed by atoms with Gasteiger partial charge in [0.2, 0.25) is 0 Å². The Morgan fingerprint density at radius 1 is 1.21 bits per heavy atom. The fourth-order valence-electron chi connectivity index (χ4n) is 2.53. The number of benzene rings is 1. The third-order valence-corrected chi connectivity index (χ3v) is 4.32. The molecule has 0 spiro atoms. The van der Waals surface area contributed by atoms with E-state index in [9.17, 15) is 0 Å². The largest absolute Gasteiger partial charge is 0.342 e. The van der Waals surface area contributed by atoms with Crippen molar-refractivity contribution >= 4 is 22.4 Å². The van der Waals surface area contributed by atoms with E-state index in [-0.39, 0.29) is 0 Å². The summed E-state index contributed by atoms with van der Waals surface area (Å²) in [5.41, 5.74) is 4.84. The first-order valence-electron chi connectivity index (χ1n) is 6.70. The number of aromatic amines is 1. The van der Waals surface area contributed by atoms with Crippen LogP contribution in [0, 0.1) is 13.8 Å². The average molecular weight is 270 g/mol. The quantitative estimate of drug-likeness (QED) is 0.747. The lowest BCUT2D eigenvalue weighted by Crippen LogP contribution is -1.90. The van der Waals surface area contributed by atoms with E-state index < -0.39 is 0 Å². The van der Waals surface area contributed by atoms with Crippen molar-refractivity contribution in [3.8, 4) is 0 Å². The normalized spacial score (nSPS) is 11.3. The molecule has 0 aliphatic heterocycles. The highest BCUT2D eigenvalue weighted by Gasteiger charge is 2.06. The molecule has 1 aromatic carbocycles. The number of H-pyrrole nitrogens is 1. The van der Waals surface area contributed by atoms with Crippen LogP contribution in [0.25, 0.3) is 11.0 Å². The Hall–Kier alpha value is -1.61. The number of thiophene rings is 1. The second kappa shape index (κ2) is 5.17. The smallest absolute Gasteiger partial charge is 0.107 e. The second-order valence-electron chi connectivity index (χ2n) is 5.09. The Kier molecular flexibility index (Phi) is 3.38. The van der Waals surface area contributed by atoms with E-state index >= 15 is 0 Å². The molecule has 2 heterocycles. The Morgan fingerprint density at radius 3 is 2.89 bits per heavy atom. The number of rotatable bonds is 4. The zero-order valence-electron chi connectivity index (χ0n) is 11.4. The van der Waals surface area contributed by atoms with E-state index in [0.717, 1.165) is 30.6 Å². The minimum atomic E-state index is 1.02. The molecule has 0 saturated heterocycles. The predicted octanol–water partition coefficient (Wildman–Crippen LogP) is 4.42. The summed E-state index contributed by atoms with van der Waals surface area (Å²) in [7, 11) is 0. The molecule has 3 rings (SSSR count). The van der Waals surface area contributed by atoms with Crippen molar-refractivity contribution in [3.05, 3.63) is 51.5 Å². The van der Waals surface area contributed by atoms with Crippen LogP contribution in [0.3, 0.4) is 0 Å². The van der Waals surface area contributed by atoms with Crippen molar-refractivity contribution in [1.82, 2.24) is 9.97 Å². The summed E-state index contributed by atoms with van der Waals surface area (Å²) in [5.74, 6) is 1.11. The summed E-state index contributed by atoms with van der Waals surface area (Å²) in [6, 6.07) is 8.70. The summed E-state index contributed by atoms with van der Waals surface area (Å²) in [6.45, 7) is 4.26. The Bertz CT molecular complexity index is 680. The van der Waals surface area contributed by atoms with Gasteiger partial charge in [-0.2, -0.15) is 0 Å². The van der Waals surface area contributed by atoms with Gasteiger partial charge in [-0.1, -0.05) is 12.1 Å². The summed E-state index contributed by atoms with van der Waals surface area (Å²) in [5, 5.41) is 2.14. The van der Waals surface area contributed by atoms with Gasteiger partial charge in [-0.3, -0.25) is 0 Å². The minimum Gasteiger partial charge on any atom is -0.342 e. The molecule has 0 radical (unpaired) electrons. The minimum absolute atomic E-state index is 1.02. The fraction of sp³-hybridized carbons (Fsp3) is 0.312. The lowest BCUT2D eigenvalue weighted by Gasteiger charge is -1.96. The molecule has 0 fully saturated rings. The first-order chi connectivity index (χ1) is 9.22. The van der Waals surface area contributed by atoms with Crippen LogP contribution < -0.4 is 0 Å². The van der Waals surface area contributed by atoms with Gasteiger partial charge in [-0.15, -0.1) is 11.3 Å². The van der Waals surface area contributed by atoms with Gasteiger partial charge in [0.15, 0.2) is 0 Å². The standard InChI is InChI=1S/C16H18N2S/c1-11-9-12(2)16-14(10-11)17-15(18-16)7-3-5-13-6-4-8-19-13/h4,6,8-10H,3,5,7H2,1-2H3,(H,17,18). The van der Waals surface area contributed by atoms with Crippen LogP contribution >= 0.6 is 11.3 Å². The van der Waals surface area contributed by atoms with Crippen LogP contribution in [-0.4, -0.2) is 9.97 Å². The highest BCUT2D eigenvalue weighted by molar-refractivity contribution is 7.09. The Balaban J connectivity index is 1.73. The van der Waals surface area contributed by atoms with E-state index in [0.29, 0.717) is 0 Å². The average Bonchev–Trinajstić information content (AvgIpc) is 2.98. The molecule has 2 aromatic heterocycles. The molecule has 98 valence electrons. The summed E-state index contributed by atoms with van der Waals surface area (Å²) in [6.07, 6.45) is 3.32. The van der Waals surface area contributed by atoms with Gasteiger partial charge in [-0.05, 0) is 55.3 Å². The topological polar surface area (TPSA) is 28.7 Å². The van der Waals surface area contributed by atoms with Gasteiger partial charge < -0.3 is 4.98 Å². The number of imidazole rings is 1. The first-order valence-corrected chi connectivity index (χ1v) is 7.58. The van der Waals surface area contributed by atoms with Crippen molar-refractivity contribution in [2.45, 2.75) is 33.1 Å². The summed E-state index contributed by atoms with van der Waals surface area (Å²) >= 11 is 1.84. The van der Waals surface area contributed by atoms with E-state index in [1.54, 1.807) is 0 Å². The molecule has 19 heavy (non-hydrogen) atoms. The summed E-state index contributed by atoms with van der Waals surface area (Å²) in [4.78, 5) is 9.63. The number of fused-ring (bicyclic) bond motifs is 1. The van der Waals surface area contributed by atoms with Crippen molar-refractivity contribution < 1.29 is 0 Å². The highest BCUT2D eigenvalue weighted by atomic mass is 32.1. The van der Waals surface area contributed by atoms with Crippen LogP contribution in [0.2, 0.25) is 0 Å².